The van der Waals surface area contributed by atoms with Crippen molar-refractivity contribution in [1.82, 2.24) is 0 Å². The largest absolute Gasteiger partial charge is 0.450 e. The summed E-state index contributed by atoms with van der Waals surface area (Å²) in [6, 6.07) is 10.6. The van der Waals surface area contributed by atoms with Crippen molar-refractivity contribution in [3.05, 3.63) is 63.2 Å². The molecule has 5 heteroatoms. The Morgan fingerprint density at radius 2 is 1.90 bits per heavy atom. The van der Waals surface area contributed by atoms with Gasteiger partial charge in [-0.25, -0.2) is 0 Å². The van der Waals surface area contributed by atoms with Crippen LogP contribution in [0.15, 0.2) is 36.4 Å². The molecule has 2 aromatic carbocycles. The number of nitrogens with zero attached hydrogens (tertiary/aromatic N) is 1. The second-order valence-corrected chi connectivity index (χ2v) is 4.78. The van der Waals surface area contributed by atoms with E-state index in [4.69, 9.17) is 16.3 Å². The number of aryl methyl sites for hydroxylation is 2. The van der Waals surface area contributed by atoms with Gasteiger partial charge in [0, 0.05) is 11.4 Å². The standard InChI is InChI=1S/C15H14ClNO3/c1-10-4-3-5-14(15(10)17(18)19)20-13-7-6-12(9-16)8-11(13)2/h3-8H,9H2,1-2H3. The van der Waals surface area contributed by atoms with Crippen molar-refractivity contribution in [3.8, 4) is 11.5 Å². The summed E-state index contributed by atoms with van der Waals surface area (Å²) in [7, 11) is 0. The van der Waals surface area contributed by atoms with Crippen molar-refractivity contribution >= 4 is 17.3 Å². The first kappa shape index (κ1) is 14.3. The lowest BCUT2D eigenvalue weighted by molar-refractivity contribution is -0.386. The fraction of sp³-hybridized carbons (Fsp3) is 0.200. The molecule has 104 valence electrons. The predicted octanol–water partition coefficient (Wildman–Crippen LogP) is 4.74. The monoisotopic (exact) mass is 291 g/mol. The minimum atomic E-state index is -0.423. The molecule has 0 aliphatic carbocycles. The van der Waals surface area contributed by atoms with Gasteiger partial charge in [0.25, 0.3) is 0 Å². The summed E-state index contributed by atoms with van der Waals surface area (Å²) in [6.45, 7) is 3.57. The van der Waals surface area contributed by atoms with Gasteiger partial charge in [-0.3, -0.25) is 10.1 Å². The lowest BCUT2D eigenvalue weighted by atomic mass is 10.1. The molecule has 0 atom stereocenters. The van der Waals surface area contributed by atoms with Crippen LogP contribution in [0.25, 0.3) is 0 Å². The average molecular weight is 292 g/mol. The number of rotatable bonds is 4. The Hall–Kier alpha value is -2.07. The van der Waals surface area contributed by atoms with Gasteiger partial charge < -0.3 is 4.74 Å². The SMILES string of the molecule is Cc1cc(CCl)ccc1Oc1cccc(C)c1[N+](=O)[O-]. The Balaban J connectivity index is 2.40. The van der Waals surface area contributed by atoms with E-state index in [1.807, 2.05) is 19.1 Å². The van der Waals surface area contributed by atoms with Crippen molar-refractivity contribution < 1.29 is 9.66 Å². The van der Waals surface area contributed by atoms with Gasteiger partial charge >= 0.3 is 5.69 Å². The number of nitro benzene ring substituents is 1. The van der Waals surface area contributed by atoms with E-state index >= 15 is 0 Å². The van der Waals surface area contributed by atoms with Gasteiger partial charge in [0.15, 0.2) is 0 Å². The highest BCUT2D eigenvalue weighted by Crippen LogP contribution is 2.35. The quantitative estimate of drug-likeness (QED) is 0.464. The van der Waals surface area contributed by atoms with Gasteiger partial charge in [0.2, 0.25) is 5.75 Å². The topological polar surface area (TPSA) is 52.4 Å². The minimum absolute atomic E-state index is 0.00619. The fourth-order valence-electron chi connectivity index (χ4n) is 1.98. The van der Waals surface area contributed by atoms with Crippen LogP contribution < -0.4 is 4.74 Å². The van der Waals surface area contributed by atoms with Crippen LogP contribution in [0.2, 0.25) is 0 Å². The normalized spacial score (nSPS) is 10.3. The van der Waals surface area contributed by atoms with Crippen molar-refractivity contribution in [3.63, 3.8) is 0 Å². The molecule has 0 spiro atoms. The number of benzene rings is 2. The van der Waals surface area contributed by atoms with E-state index in [0.717, 1.165) is 11.1 Å². The molecule has 0 fully saturated rings. The molecule has 0 amide bonds. The van der Waals surface area contributed by atoms with Gasteiger partial charge in [-0.2, -0.15) is 0 Å². The zero-order valence-corrected chi connectivity index (χ0v) is 12.0. The zero-order chi connectivity index (χ0) is 14.7. The van der Waals surface area contributed by atoms with E-state index in [0.29, 0.717) is 17.2 Å². The van der Waals surface area contributed by atoms with Crippen LogP contribution in [0.4, 0.5) is 5.69 Å². The van der Waals surface area contributed by atoms with E-state index in [9.17, 15) is 10.1 Å². The number of hydrogen-bond donors (Lipinski definition) is 0. The number of halogens is 1. The highest BCUT2D eigenvalue weighted by Gasteiger charge is 2.19. The molecule has 0 aliphatic heterocycles. The molecule has 0 heterocycles. The summed E-state index contributed by atoms with van der Waals surface area (Å²) >= 11 is 5.77. The zero-order valence-electron chi connectivity index (χ0n) is 11.2. The van der Waals surface area contributed by atoms with Crippen LogP contribution in [-0.2, 0) is 5.88 Å². The number of hydrogen-bond acceptors (Lipinski definition) is 3. The summed E-state index contributed by atoms with van der Waals surface area (Å²) in [6.07, 6.45) is 0. The van der Waals surface area contributed by atoms with Crippen LogP contribution in [-0.4, -0.2) is 4.92 Å². The smallest absolute Gasteiger partial charge is 0.314 e. The summed E-state index contributed by atoms with van der Waals surface area (Å²) < 4.78 is 5.70. The van der Waals surface area contributed by atoms with Crippen molar-refractivity contribution in [1.29, 1.82) is 0 Å². The molecule has 20 heavy (non-hydrogen) atoms. The second-order valence-electron chi connectivity index (χ2n) is 4.51. The maximum atomic E-state index is 11.1. The number of nitro groups is 1. The first-order chi connectivity index (χ1) is 9.52. The molecule has 0 radical (unpaired) electrons. The second kappa shape index (κ2) is 5.92. The van der Waals surface area contributed by atoms with Gasteiger partial charge in [-0.05, 0) is 37.1 Å². The highest BCUT2D eigenvalue weighted by molar-refractivity contribution is 6.17. The Morgan fingerprint density at radius 3 is 2.50 bits per heavy atom. The van der Waals surface area contributed by atoms with Crippen LogP contribution in [0.5, 0.6) is 11.5 Å². The molecule has 0 saturated heterocycles. The fourth-order valence-corrected chi connectivity index (χ4v) is 2.14. The summed E-state index contributed by atoms with van der Waals surface area (Å²) in [4.78, 5) is 10.7. The third-order valence-electron chi connectivity index (χ3n) is 3.00. The van der Waals surface area contributed by atoms with Crippen molar-refractivity contribution in [2.45, 2.75) is 19.7 Å². The average Bonchev–Trinajstić information content (AvgIpc) is 2.40. The van der Waals surface area contributed by atoms with E-state index < -0.39 is 4.92 Å². The molecule has 4 nitrogen and oxygen atoms in total. The molecule has 0 unspecified atom stereocenters. The van der Waals surface area contributed by atoms with Gasteiger partial charge in [-0.15, -0.1) is 11.6 Å². The Labute approximate surface area is 122 Å². The predicted molar refractivity (Wildman–Crippen MR) is 78.6 cm³/mol. The maximum Gasteiger partial charge on any atom is 0.314 e. The molecule has 2 rings (SSSR count). The van der Waals surface area contributed by atoms with Crippen molar-refractivity contribution in [2.75, 3.05) is 0 Å². The van der Waals surface area contributed by atoms with Gasteiger partial charge in [0.1, 0.15) is 5.75 Å². The Bertz CT molecular complexity index is 656. The molecule has 0 aromatic heterocycles. The summed E-state index contributed by atoms with van der Waals surface area (Å²) in [5, 5.41) is 11.1. The lowest BCUT2D eigenvalue weighted by Gasteiger charge is -2.10. The number of ether oxygens (including phenoxy) is 1. The van der Waals surface area contributed by atoms with E-state index in [2.05, 4.69) is 0 Å². The number of alkyl halides is 1. The van der Waals surface area contributed by atoms with Crippen molar-refractivity contribution in [2.24, 2.45) is 0 Å². The first-order valence-corrected chi connectivity index (χ1v) is 6.63. The number of para-hydroxylation sites is 1. The Kier molecular flexibility index (Phi) is 4.25. The van der Waals surface area contributed by atoms with E-state index in [1.165, 1.54) is 0 Å². The molecule has 0 aliphatic rings. The molecule has 0 bridgehead atoms. The molecule has 2 aromatic rings. The van der Waals surface area contributed by atoms with Gasteiger partial charge in [-0.1, -0.05) is 24.3 Å². The highest BCUT2D eigenvalue weighted by atomic mass is 35.5. The van der Waals surface area contributed by atoms with E-state index in [-0.39, 0.29) is 11.4 Å². The van der Waals surface area contributed by atoms with Gasteiger partial charge in [0.05, 0.1) is 4.92 Å². The third-order valence-corrected chi connectivity index (χ3v) is 3.31. The van der Waals surface area contributed by atoms with Crippen LogP contribution in [0.3, 0.4) is 0 Å². The Morgan fingerprint density at radius 1 is 1.15 bits per heavy atom. The molecule has 0 N–H and O–H groups in total. The lowest BCUT2D eigenvalue weighted by Crippen LogP contribution is -1.97. The first-order valence-electron chi connectivity index (χ1n) is 6.10. The van der Waals surface area contributed by atoms with Crippen LogP contribution >= 0.6 is 11.6 Å². The maximum absolute atomic E-state index is 11.1. The summed E-state index contributed by atoms with van der Waals surface area (Å²) in [5.41, 5.74) is 2.44. The molecular formula is C15H14ClNO3. The minimum Gasteiger partial charge on any atom is -0.450 e. The summed E-state index contributed by atoms with van der Waals surface area (Å²) in [5.74, 6) is 1.26. The van der Waals surface area contributed by atoms with Crippen LogP contribution in [0.1, 0.15) is 16.7 Å². The van der Waals surface area contributed by atoms with Crippen LogP contribution in [0, 0.1) is 24.0 Å². The third kappa shape index (κ3) is 2.91. The molecular weight excluding hydrogens is 278 g/mol. The molecule has 0 saturated carbocycles. The van der Waals surface area contributed by atoms with E-state index in [1.54, 1.807) is 31.2 Å².